The minimum Gasteiger partial charge on any atom is -0.361 e. The molecule has 9 heteroatoms. The average Bonchev–Trinajstić information content (AvgIpc) is 3.23. The van der Waals surface area contributed by atoms with Crippen LogP contribution in [0.3, 0.4) is 0 Å². The lowest BCUT2D eigenvalue weighted by Gasteiger charge is -2.24. The van der Waals surface area contributed by atoms with Gasteiger partial charge in [-0.15, -0.1) is 25.5 Å². The van der Waals surface area contributed by atoms with Crippen LogP contribution < -0.4 is 5.32 Å². The zero-order chi connectivity index (χ0) is 19.1. The second-order valence-electron chi connectivity index (χ2n) is 7.01. The van der Waals surface area contributed by atoms with Gasteiger partial charge in [-0.2, -0.15) is 4.52 Å². The first-order valence-electron chi connectivity index (χ1n) is 9.30. The Kier molecular flexibility index (Phi) is 4.00. The maximum atomic E-state index is 14.2. The quantitative estimate of drug-likeness (QED) is 0.575. The van der Waals surface area contributed by atoms with Gasteiger partial charge in [0.2, 0.25) is 0 Å². The molecule has 1 fully saturated rings. The second-order valence-corrected chi connectivity index (χ2v) is 7.01. The van der Waals surface area contributed by atoms with E-state index in [9.17, 15) is 4.39 Å². The summed E-state index contributed by atoms with van der Waals surface area (Å²) in [5.41, 5.74) is 0.910. The van der Waals surface area contributed by atoms with E-state index in [2.05, 4.69) is 35.4 Å². The first-order chi connectivity index (χ1) is 13.7. The van der Waals surface area contributed by atoms with Gasteiger partial charge < -0.3 is 9.88 Å². The molecule has 0 amide bonds. The maximum Gasteiger partial charge on any atom is 0.188 e. The molecule has 4 aromatic rings. The summed E-state index contributed by atoms with van der Waals surface area (Å²) in [4.78, 5) is 0. The Morgan fingerprint density at radius 1 is 1.07 bits per heavy atom. The molecule has 0 atom stereocenters. The van der Waals surface area contributed by atoms with E-state index in [0.717, 1.165) is 11.6 Å². The molecule has 8 nitrogen and oxygen atoms in total. The number of hydrogen-bond acceptors (Lipinski definition) is 6. The molecule has 28 heavy (non-hydrogen) atoms. The molecule has 1 saturated carbocycles. The van der Waals surface area contributed by atoms with E-state index < -0.39 is 0 Å². The molecule has 0 aliphatic heterocycles. The van der Waals surface area contributed by atoms with Gasteiger partial charge in [-0.1, -0.05) is 18.6 Å². The van der Waals surface area contributed by atoms with Crippen molar-refractivity contribution in [3.05, 3.63) is 53.9 Å². The van der Waals surface area contributed by atoms with E-state index in [4.69, 9.17) is 0 Å². The molecule has 142 valence electrons. The third-order valence-electron chi connectivity index (χ3n) is 5.27. The van der Waals surface area contributed by atoms with Crippen molar-refractivity contribution in [2.75, 3.05) is 5.32 Å². The number of nitrogens with one attached hydrogen (secondary N) is 1. The number of benzene rings is 1. The fourth-order valence-corrected chi connectivity index (χ4v) is 3.41. The van der Waals surface area contributed by atoms with Crippen molar-refractivity contribution in [1.82, 2.24) is 34.6 Å². The number of halogens is 1. The SMILES string of the molecule is Cn1c(CNc2ccc3nnc(-c4ccccc4F)n3n2)nnc1C1CCC1. The normalized spacial score (nSPS) is 14.4. The van der Waals surface area contributed by atoms with Gasteiger partial charge in [0, 0.05) is 13.0 Å². The average molecular weight is 378 g/mol. The summed E-state index contributed by atoms with van der Waals surface area (Å²) in [5, 5.41) is 24.6. The highest BCUT2D eigenvalue weighted by atomic mass is 19.1. The monoisotopic (exact) mass is 378 g/mol. The van der Waals surface area contributed by atoms with Crippen LogP contribution >= 0.6 is 0 Å². The van der Waals surface area contributed by atoms with Gasteiger partial charge in [0.15, 0.2) is 17.3 Å². The summed E-state index contributed by atoms with van der Waals surface area (Å²) >= 11 is 0. The van der Waals surface area contributed by atoms with Gasteiger partial charge in [-0.3, -0.25) is 0 Å². The van der Waals surface area contributed by atoms with Crippen LogP contribution in [-0.4, -0.2) is 34.6 Å². The highest BCUT2D eigenvalue weighted by Gasteiger charge is 2.25. The number of aromatic nitrogens is 7. The summed E-state index contributed by atoms with van der Waals surface area (Å²) in [5.74, 6) is 3.05. The lowest BCUT2D eigenvalue weighted by molar-refractivity contribution is 0.391. The topological polar surface area (TPSA) is 85.8 Å². The Morgan fingerprint density at radius 3 is 2.71 bits per heavy atom. The minimum absolute atomic E-state index is 0.359. The van der Waals surface area contributed by atoms with Crippen molar-refractivity contribution in [1.29, 1.82) is 0 Å². The molecule has 3 heterocycles. The lowest BCUT2D eigenvalue weighted by atomic mass is 9.85. The summed E-state index contributed by atoms with van der Waals surface area (Å²) < 4.78 is 17.7. The van der Waals surface area contributed by atoms with Crippen LogP contribution in [0.1, 0.15) is 36.8 Å². The molecule has 1 aromatic carbocycles. The maximum absolute atomic E-state index is 14.2. The first-order valence-corrected chi connectivity index (χ1v) is 9.30. The van der Waals surface area contributed by atoms with E-state index in [1.807, 2.05) is 13.1 Å². The van der Waals surface area contributed by atoms with Crippen LogP contribution in [0.5, 0.6) is 0 Å². The van der Waals surface area contributed by atoms with Crippen LogP contribution in [0.25, 0.3) is 17.0 Å². The second kappa shape index (κ2) is 6.66. The van der Waals surface area contributed by atoms with E-state index in [1.165, 1.54) is 29.8 Å². The van der Waals surface area contributed by atoms with Crippen molar-refractivity contribution in [3.63, 3.8) is 0 Å². The van der Waals surface area contributed by atoms with E-state index in [1.54, 1.807) is 24.3 Å². The van der Waals surface area contributed by atoms with E-state index >= 15 is 0 Å². The lowest BCUT2D eigenvalue weighted by Crippen LogP contribution is -2.15. The van der Waals surface area contributed by atoms with E-state index in [0.29, 0.717) is 35.3 Å². The predicted molar refractivity (Wildman–Crippen MR) is 101 cm³/mol. The first kappa shape index (κ1) is 16.8. The van der Waals surface area contributed by atoms with Crippen molar-refractivity contribution < 1.29 is 4.39 Å². The number of hydrogen-bond donors (Lipinski definition) is 1. The van der Waals surface area contributed by atoms with E-state index in [-0.39, 0.29) is 5.82 Å². The van der Waals surface area contributed by atoms with Crippen LogP contribution in [-0.2, 0) is 13.6 Å². The standard InChI is InChI=1S/C19H19FN8/c1-27-17(23-24-18(27)12-5-4-6-12)11-21-15-9-10-16-22-25-19(28(16)26-15)13-7-2-3-8-14(13)20/h2-3,7-10,12H,4-6,11H2,1H3,(H,21,26). The number of rotatable bonds is 5. The summed E-state index contributed by atoms with van der Waals surface area (Å²) in [7, 11) is 2.00. The van der Waals surface area contributed by atoms with Gasteiger partial charge in [0.05, 0.1) is 12.1 Å². The molecule has 0 saturated heterocycles. The smallest absolute Gasteiger partial charge is 0.188 e. The fraction of sp³-hybridized carbons (Fsp3) is 0.316. The molecule has 3 aromatic heterocycles. The largest absolute Gasteiger partial charge is 0.361 e. The summed E-state index contributed by atoms with van der Waals surface area (Å²) in [6.07, 6.45) is 3.63. The molecule has 1 aliphatic rings. The number of anilines is 1. The number of fused-ring (bicyclic) bond motifs is 1. The Morgan fingerprint density at radius 2 is 1.93 bits per heavy atom. The van der Waals surface area contributed by atoms with Crippen molar-refractivity contribution in [2.45, 2.75) is 31.7 Å². The van der Waals surface area contributed by atoms with Gasteiger partial charge in [0.25, 0.3) is 0 Å². The fourth-order valence-electron chi connectivity index (χ4n) is 3.41. The van der Waals surface area contributed by atoms with Crippen LogP contribution in [0.2, 0.25) is 0 Å². The van der Waals surface area contributed by atoms with Gasteiger partial charge >= 0.3 is 0 Å². The Bertz CT molecular complexity index is 1140. The van der Waals surface area contributed by atoms with Crippen LogP contribution in [0.15, 0.2) is 36.4 Å². The highest BCUT2D eigenvalue weighted by Crippen LogP contribution is 2.35. The Balaban J connectivity index is 1.40. The van der Waals surface area contributed by atoms with Crippen molar-refractivity contribution >= 4 is 11.5 Å². The highest BCUT2D eigenvalue weighted by molar-refractivity contribution is 5.60. The Hall–Kier alpha value is -3.36. The third-order valence-corrected chi connectivity index (χ3v) is 5.27. The van der Waals surface area contributed by atoms with Gasteiger partial charge in [0.1, 0.15) is 17.5 Å². The molecule has 5 rings (SSSR count). The van der Waals surface area contributed by atoms with Gasteiger partial charge in [-0.25, -0.2) is 4.39 Å². The predicted octanol–water partition coefficient (Wildman–Crippen LogP) is 2.94. The van der Waals surface area contributed by atoms with Crippen molar-refractivity contribution in [3.8, 4) is 11.4 Å². The molecule has 1 N–H and O–H groups in total. The summed E-state index contributed by atoms with van der Waals surface area (Å²) in [6.45, 7) is 0.492. The molecular formula is C19H19FN8. The Labute approximate surface area is 160 Å². The molecule has 0 bridgehead atoms. The van der Waals surface area contributed by atoms with Crippen LogP contribution in [0.4, 0.5) is 10.2 Å². The molecule has 1 aliphatic carbocycles. The molecule has 0 radical (unpaired) electrons. The number of nitrogens with zero attached hydrogens (tertiary/aromatic N) is 7. The molecule has 0 unspecified atom stereocenters. The zero-order valence-corrected chi connectivity index (χ0v) is 15.4. The summed E-state index contributed by atoms with van der Waals surface area (Å²) in [6, 6.07) is 10.1. The molecule has 0 spiro atoms. The minimum atomic E-state index is -0.362. The van der Waals surface area contributed by atoms with Crippen molar-refractivity contribution in [2.24, 2.45) is 7.05 Å². The zero-order valence-electron chi connectivity index (χ0n) is 15.4. The third kappa shape index (κ3) is 2.79. The van der Waals surface area contributed by atoms with Gasteiger partial charge in [-0.05, 0) is 37.1 Å². The molecular weight excluding hydrogens is 359 g/mol. The van der Waals surface area contributed by atoms with Crippen LogP contribution in [0, 0.1) is 5.82 Å².